The summed E-state index contributed by atoms with van der Waals surface area (Å²) in [6, 6.07) is 0.775. The van der Waals surface area contributed by atoms with Crippen LogP contribution in [0.4, 0.5) is 0 Å². The van der Waals surface area contributed by atoms with Gasteiger partial charge in [0.15, 0.2) is 0 Å². The first-order valence-electron chi connectivity index (χ1n) is 5.96. The molecule has 0 unspecified atom stereocenters. The van der Waals surface area contributed by atoms with Crippen LogP contribution in [0.2, 0.25) is 0 Å². The van der Waals surface area contributed by atoms with Crippen molar-refractivity contribution in [3.8, 4) is 0 Å². The van der Waals surface area contributed by atoms with Crippen LogP contribution in [-0.4, -0.2) is 24.0 Å². The van der Waals surface area contributed by atoms with Crippen molar-refractivity contribution < 1.29 is 0 Å². The summed E-state index contributed by atoms with van der Waals surface area (Å²) in [5.74, 6) is 0. The Morgan fingerprint density at radius 1 is 1.00 bits per heavy atom. The molecule has 1 rings (SSSR count). The molecule has 1 nitrogen and oxygen atoms in total. The van der Waals surface area contributed by atoms with E-state index in [1.165, 1.54) is 32.4 Å². The Bertz CT molecular complexity index is 73.2. The molecule has 1 heterocycles. The minimum atomic E-state index is 0.775. The smallest absolute Gasteiger partial charge is 0.00385 e. The molecule has 1 saturated heterocycles. The van der Waals surface area contributed by atoms with E-state index in [9.17, 15) is 0 Å². The quantitative estimate of drug-likeness (QED) is 0.601. The highest BCUT2D eigenvalue weighted by atomic mass is 15.2. The molecule has 0 aromatic heterocycles. The summed E-state index contributed by atoms with van der Waals surface area (Å²) in [6.45, 7) is 15.5. The lowest BCUT2D eigenvalue weighted by molar-refractivity contribution is 0.276. The van der Waals surface area contributed by atoms with Crippen LogP contribution in [0.15, 0.2) is 0 Å². The summed E-state index contributed by atoms with van der Waals surface area (Å²) in [5.41, 5.74) is 0. The first kappa shape index (κ1) is 15.4. The second-order valence-electron chi connectivity index (χ2n) is 3.54. The van der Waals surface area contributed by atoms with E-state index in [1.807, 2.05) is 13.8 Å². The third kappa shape index (κ3) is 9.88. The van der Waals surface area contributed by atoms with Crippen LogP contribution in [-0.2, 0) is 0 Å². The molecular weight excluding hydrogens is 158 g/mol. The summed E-state index contributed by atoms with van der Waals surface area (Å²) < 4.78 is 0. The molecule has 1 fully saturated rings. The minimum absolute atomic E-state index is 0.775. The third-order valence-electron chi connectivity index (χ3n) is 1.87. The van der Waals surface area contributed by atoms with Crippen LogP contribution in [0.5, 0.6) is 0 Å². The average Bonchev–Trinajstić information content (AvgIpc) is 2.61. The zero-order chi connectivity index (χ0) is 10.7. The topological polar surface area (TPSA) is 3.24 Å². The maximum atomic E-state index is 2.53. The first-order chi connectivity index (χ1) is 6.22. The molecule has 0 amide bonds. The average molecular weight is 187 g/mol. The molecule has 0 aliphatic carbocycles. The van der Waals surface area contributed by atoms with Crippen molar-refractivity contribution in [1.29, 1.82) is 0 Å². The van der Waals surface area contributed by atoms with E-state index in [-0.39, 0.29) is 0 Å². The van der Waals surface area contributed by atoms with Gasteiger partial charge < -0.3 is 4.90 Å². The Kier molecular flexibility index (Phi) is 14.2. The third-order valence-corrected chi connectivity index (χ3v) is 1.87. The molecular formula is C12H29N. The van der Waals surface area contributed by atoms with Crippen LogP contribution >= 0.6 is 0 Å². The van der Waals surface area contributed by atoms with Crippen molar-refractivity contribution in [2.24, 2.45) is 0 Å². The van der Waals surface area contributed by atoms with E-state index in [0.29, 0.717) is 0 Å². The second-order valence-corrected chi connectivity index (χ2v) is 3.54. The minimum Gasteiger partial charge on any atom is -0.301 e. The highest BCUT2D eigenvalue weighted by molar-refractivity contribution is 4.68. The fraction of sp³-hybridized carbons (Fsp3) is 1.00. The number of hydrogen-bond acceptors (Lipinski definition) is 1. The van der Waals surface area contributed by atoms with Gasteiger partial charge in [-0.2, -0.15) is 0 Å². The highest BCUT2D eigenvalue weighted by Crippen LogP contribution is 2.09. The van der Waals surface area contributed by atoms with Gasteiger partial charge in [0, 0.05) is 6.04 Å². The van der Waals surface area contributed by atoms with Crippen molar-refractivity contribution in [2.75, 3.05) is 13.1 Å². The van der Waals surface area contributed by atoms with Gasteiger partial charge in [-0.25, -0.2) is 0 Å². The molecule has 0 radical (unpaired) electrons. The zero-order valence-corrected chi connectivity index (χ0v) is 10.6. The summed E-state index contributed by atoms with van der Waals surface area (Å²) in [5, 5.41) is 0. The van der Waals surface area contributed by atoms with Gasteiger partial charge >= 0.3 is 0 Å². The number of likely N-dealkylation sites (tertiary alicyclic amines) is 1. The Balaban J connectivity index is 0. The molecule has 1 aliphatic heterocycles. The van der Waals surface area contributed by atoms with E-state index in [1.54, 1.807) is 0 Å². The zero-order valence-electron chi connectivity index (χ0n) is 10.6. The summed E-state index contributed by atoms with van der Waals surface area (Å²) >= 11 is 0. The molecule has 0 atom stereocenters. The van der Waals surface area contributed by atoms with Crippen molar-refractivity contribution in [2.45, 2.75) is 66.8 Å². The van der Waals surface area contributed by atoms with Gasteiger partial charge in [0.2, 0.25) is 0 Å². The maximum absolute atomic E-state index is 2.53. The monoisotopic (exact) mass is 187 g/mol. The summed E-state index contributed by atoms with van der Waals surface area (Å²) in [6.07, 6.45) is 4.08. The van der Waals surface area contributed by atoms with Crippen LogP contribution in [0.1, 0.15) is 60.8 Å². The van der Waals surface area contributed by atoms with Crippen LogP contribution in [0, 0.1) is 0 Å². The highest BCUT2D eigenvalue weighted by Gasteiger charge is 2.13. The van der Waals surface area contributed by atoms with Crippen molar-refractivity contribution >= 4 is 0 Å². The van der Waals surface area contributed by atoms with E-state index >= 15 is 0 Å². The first-order valence-corrected chi connectivity index (χ1v) is 5.96. The largest absolute Gasteiger partial charge is 0.301 e. The predicted molar refractivity (Wildman–Crippen MR) is 63.3 cm³/mol. The molecule has 0 N–H and O–H groups in total. The van der Waals surface area contributed by atoms with Gasteiger partial charge in [0.25, 0.3) is 0 Å². The van der Waals surface area contributed by atoms with E-state index in [0.717, 1.165) is 6.04 Å². The molecule has 0 bridgehead atoms. The maximum Gasteiger partial charge on any atom is 0.00385 e. The van der Waals surface area contributed by atoms with E-state index < -0.39 is 0 Å². The molecule has 0 saturated carbocycles. The van der Waals surface area contributed by atoms with E-state index in [2.05, 4.69) is 32.6 Å². The SMILES string of the molecule is CC.CC(C)N1CCCC1.CCC. The lowest BCUT2D eigenvalue weighted by atomic mass is 10.3. The van der Waals surface area contributed by atoms with E-state index in [4.69, 9.17) is 0 Å². The standard InChI is InChI=1S/C7H15N.C3H8.C2H6/c1-7(2)8-5-3-4-6-8;1-3-2;1-2/h7H,3-6H2,1-2H3;3H2,1-2H3;1-2H3. The number of rotatable bonds is 1. The van der Waals surface area contributed by atoms with Crippen LogP contribution in [0.3, 0.4) is 0 Å². The summed E-state index contributed by atoms with van der Waals surface area (Å²) in [4.78, 5) is 2.53. The molecule has 0 aromatic rings. The lowest BCUT2D eigenvalue weighted by Gasteiger charge is -2.18. The van der Waals surface area contributed by atoms with Crippen molar-refractivity contribution in [3.63, 3.8) is 0 Å². The van der Waals surface area contributed by atoms with Crippen molar-refractivity contribution in [1.82, 2.24) is 4.90 Å². The van der Waals surface area contributed by atoms with Gasteiger partial charge in [-0.05, 0) is 39.8 Å². The van der Waals surface area contributed by atoms with Gasteiger partial charge in [-0.3, -0.25) is 0 Å². The van der Waals surface area contributed by atoms with Gasteiger partial charge in [0.05, 0.1) is 0 Å². The van der Waals surface area contributed by atoms with Crippen molar-refractivity contribution in [3.05, 3.63) is 0 Å². The number of hydrogen-bond donors (Lipinski definition) is 0. The van der Waals surface area contributed by atoms with Gasteiger partial charge in [-0.15, -0.1) is 0 Å². The second kappa shape index (κ2) is 12.0. The fourth-order valence-corrected chi connectivity index (χ4v) is 1.26. The fourth-order valence-electron chi connectivity index (χ4n) is 1.26. The Labute approximate surface area is 85.5 Å². The molecule has 13 heavy (non-hydrogen) atoms. The van der Waals surface area contributed by atoms with Gasteiger partial charge in [-0.1, -0.05) is 34.1 Å². The molecule has 0 aromatic carbocycles. The Morgan fingerprint density at radius 3 is 1.46 bits per heavy atom. The normalized spacial score (nSPS) is 15.9. The van der Waals surface area contributed by atoms with Crippen LogP contribution in [0.25, 0.3) is 0 Å². The van der Waals surface area contributed by atoms with Crippen LogP contribution < -0.4 is 0 Å². The predicted octanol–water partition coefficient (Wildman–Crippen LogP) is 3.93. The Hall–Kier alpha value is -0.0400. The lowest BCUT2D eigenvalue weighted by Crippen LogP contribution is -2.26. The summed E-state index contributed by atoms with van der Waals surface area (Å²) in [7, 11) is 0. The molecule has 82 valence electrons. The molecule has 1 aliphatic rings. The molecule has 1 heteroatoms. The molecule has 0 spiro atoms. The number of nitrogens with zero attached hydrogens (tertiary/aromatic N) is 1. The van der Waals surface area contributed by atoms with Gasteiger partial charge in [0.1, 0.15) is 0 Å². The Morgan fingerprint density at radius 2 is 1.31 bits per heavy atom.